The summed E-state index contributed by atoms with van der Waals surface area (Å²) in [7, 11) is 0. The molecule has 1 N–H and O–H groups in total. The highest BCUT2D eigenvalue weighted by Gasteiger charge is 2.47. The third-order valence-electron chi connectivity index (χ3n) is 6.81. The van der Waals surface area contributed by atoms with Crippen molar-refractivity contribution >= 4 is 28.8 Å². The number of amides is 2. The predicted molar refractivity (Wildman–Crippen MR) is 129 cm³/mol. The zero-order chi connectivity index (χ0) is 22.1. The van der Waals surface area contributed by atoms with Crippen LogP contribution in [0.2, 0.25) is 0 Å². The Labute approximate surface area is 193 Å². The van der Waals surface area contributed by atoms with Crippen LogP contribution in [0.3, 0.4) is 0 Å². The molecule has 2 heterocycles. The topological polar surface area (TPSA) is 49.4 Å². The molecule has 0 radical (unpaired) electrons. The van der Waals surface area contributed by atoms with Crippen LogP contribution in [0.4, 0.5) is 5.69 Å². The number of thiophene rings is 1. The van der Waals surface area contributed by atoms with Crippen molar-refractivity contribution in [2.24, 2.45) is 0 Å². The van der Waals surface area contributed by atoms with Gasteiger partial charge in [-0.3, -0.25) is 9.59 Å². The Kier molecular flexibility index (Phi) is 5.83. The number of rotatable bonds is 5. The SMILES string of the molecule is CCc1cccc(NC(=O)[C@@H]2c3ccccc3C(=O)N(C3CCCC3)[C@H]2c2cccs2)c1. The van der Waals surface area contributed by atoms with Crippen LogP contribution in [0.1, 0.15) is 70.9 Å². The number of hydrogen-bond donors (Lipinski definition) is 1. The second kappa shape index (κ2) is 8.91. The molecule has 2 amide bonds. The van der Waals surface area contributed by atoms with E-state index in [-0.39, 0.29) is 23.9 Å². The Bertz CT molecular complexity index is 1120. The van der Waals surface area contributed by atoms with E-state index in [1.807, 2.05) is 58.8 Å². The minimum atomic E-state index is -0.451. The molecule has 4 nitrogen and oxygen atoms in total. The summed E-state index contributed by atoms with van der Waals surface area (Å²) >= 11 is 1.63. The van der Waals surface area contributed by atoms with E-state index in [1.54, 1.807) is 11.3 Å². The Morgan fingerprint density at radius 3 is 2.62 bits per heavy atom. The van der Waals surface area contributed by atoms with E-state index in [4.69, 9.17) is 0 Å². The van der Waals surface area contributed by atoms with E-state index in [9.17, 15) is 9.59 Å². The molecule has 3 aromatic rings. The van der Waals surface area contributed by atoms with Gasteiger partial charge in [0.2, 0.25) is 5.91 Å². The van der Waals surface area contributed by atoms with Gasteiger partial charge >= 0.3 is 0 Å². The number of fused-ring (bicyclic) bond motifs is 1. The fourth-order valence-corrected chi connectivity index (χ4v) is 6.13. The van der Waals surface area contributed by atoms with Crippen LogP contribution in [0, 0.1) is 0 Å². The van der Waals surface area contributed by atoms with Gasteiger partial charge < -0.3 is 10.2 Å². The Morgan fingerprint density at radius 2 is 1.88 bits per heavy atom. The van der Waals surface area contributed by atoms with Crippen LogP contribution in [0.5, 0.6) is 0 Å². The lowest BCUT2D eigenvalue weighted by Gasteiger charge is -2.44. The van der Waals surface area contributed by atoms with Gasteiger partial charge in [0.25, 0.3) is 5.91 Å². The number of aryl methyl sites for hydroxylation is 1. The highest BCUT2D eigenvalue weighted by Crippen LogP contribution is 2.47. The van der Waals surface area contributed by atoms with E-state index < -0.39 is 5.92 Å². The molecule has 2 atom stereocenters. The van der Waals surface area contributed by atoms with Gasteiger partial charge in [0.1, 0.15) is 0 Å². The van der Waals surface area contributed by atoms with Crippen molar-refractivity contribution in [2.75, 3.05) is 5.32 Å². The van der Waals surface area contributed by atoms with Gasteiger partial charge in [0, 0.05) is 22.2 Å². The maximum absolute atomic E-state index is 13.9. The standard InChI is InChI=1S/C27H28N2O2S/c1-2-18-9-7-10-19(17-18)28-26(30)24-21-13-5-6-14-22(21)27(31)29(20-11-3-4-12-20)25(24)23-15-8-16-32-23/h5-10,13-17,20,24-25H,2-4,11-12H2,1H3,(H,28,30)/t24-,25+/m1/s1. The highest BCUT2D eigenvalue weighted by molar-refractivity contribution is 7.10. The van der Waals surface area contributed by atoms with Crippen LogP contribution in [0.15, 0.2) is 66.0 Å². The number of carbonyl (C=O) groups is 2. The van der Waals surface area contributed by atoms with Crippen molar-refractivity contribution in [2.45, 2.75) is 57.0 Å². The maximum atomic E-state index is 13.9. The first-order chi connectivity index (χ1) is 15.7. The molecular weight excluding hydrogens is 416 g/mol. The first kappa shape index (κ1) is 21.0. The van der Waals surface area contributed by atoms with E-state index >= 15 is 0 Å². The van der Waals surface area contributed by atoms with E-state index in [0.29, 0.717) is 5.56 Å². The summed E-state index contributed by atoms with van der Waals surface area (Å²) in [6.07, 6.45) is 5.19. The number of hydrogen-bond acceptors (Lipinski definition) is 3. The highest BCUT2D eigenvalue weighted by atomic mass is 32.1. The molecule has 2 aromatic carbocycles. The fraction of sp³-hybridized carbons (Fsp3) is 0.333. The van der Waals surface area contributed by atoms with E-state index in [1.165, 1.54) is 5.56 Å². The molecule has 1 aliphatic carbocycles. The number of nitrogens with one attached hydrogen (secondary N) is 1. The molecule has 1 fully saturated rings. The van der Waals surface area contributed by atoms with Crippen LogP contribution in [0.25, 0.3) is 0 Å². The van der Waals surface area contributed by atoms with Crippen LogP contribution in [-0.2, 0) is 11.2 Å². The smallest absolute Gasteiger partial charge is 0.254 e. The first-order valence-corrected chi connectivity index (χ1v) is 12.4. The van der Waals surface area contributed by atoms with Crippen LogP contribution >= 0.6 is 11.3 Å². The second-order valence-corrected chi connectivity index (χ2v) is 9.70. The molecule has 0 spiro atoms. The van der Waals surface area contributed by atoms with Crippen molar-refractivity contribution < 1.29 is 9.59 Å². The molecule has 1 aromatic heterocycles. The van der Waals surface area contributed by atoms with Gasteiger partial charge in [-0.1, -0.05) is 56.2 Å². The molecule has 0 saturated heterocycles. The summed E-state index contributed by atoms with van der Waals surface area (Å²) in [6.45, 7) is 2.11. The lowest BCUT2D eigenvalue weighted by atomic mass is 9.80. The largest absolute Gasteiger partial charge is 0.327 e. The summed E-state index contributed by atoms with van der Waals surface area (Å²) in [5.74, 6) is -0.448. The van der Waals surface area contributed by atoms with Gasteiger partial charge in [-0.05, 0) is 60.0 Å². The lowest BCUT2D eigenvalue weighted by Crippen LogP contribution is -2.49. The van der Waals surface area contributed by atoms with E-state index in [2.05, 4.69) is 24.4 Å². The minimum absolute atomic E-state index is 0.0559. The van der Waals surface area contributed by atoms with E-state index in [0.717, 1.165) is 48.2 Å². The van der Waals surface area contributed by atoms with Gasteiger partial charge in [-0.2, -0.15) is 0 Å². The third-order valence-corrected chi connectivity index (χ3v) is 7.76. The van der Waals surface area contributed by atoms with Gasteiger partial charge in [0.15, 0.2) is 0 Å². The summed E-state index contributed by atoms with van der Waals surface area (Å²) in [6, 6.07) is 19.7. The Balaban J connectivity index is 1.60. The minimum Gasteiger partial charge on any atom is -0.327 e. The molecule has 1 aliphatic heterocycles. The fourth-order valence-electron chi connectivity index (χ4n) is 5.27. The monoisotopic (exact) mass is 444 g/mol. The number of anilines is 1. The first-order valence-electron chi connectivity index (χ1n) is 11.5. The number of benzene rings is 2. The normalized spacial score (nSPS) is 20.9. The molecular formula is C27H28N2O2S. The molecule has 32 heavy (non-hydrogen) atoms. The average Bonchev–Trinajstić information content (AvgIpc) is 3.53. The molecule has 164 valence electrons. The molecule has 0 unspecified atom stereocenters. The quantitative estimate of drug-likeness (QED) is 0.511. The summed E-state index contributed by atoms with van der Waals surface area (Å²) < 4.78 is 0. The molecule has 1 saturated carbocycles. The summed E-state index contributed by atoms with van der Waals surface area (Å²) in [5, 5.41) is 5.21. The third kappa shape index (κ3) is 3.75. The number of carbonyl (C=O) groups excluding carboxylic acids is 2. The predicted octanol–water partition coefficient (Wildman–Crippen LogP) is 6.17. The van der Waals surface area contributed by atoms with Gasteiger partial charge in [-0.15, -0.1) is 11.3 Å². The number of nitrogens with zero attached hydrogens (tertiary/aromatic N) is 1. The van der Waals surface area contributed by atoms with Crippen LogP contribution < -0.4 is 5.32 Å². The van der Waals surface area contributed by atoms with Crippen molar-refractivity contribution in [1.29, 1.82) is 0 Å². The zero-order valence-electron chi connectivity index (χ0n) is 18.3. The van der Waals surface area contributed by atoms with Gasteiger partial charge in [0.05, 0.1) is 12.0 Å². The summed E-state index contributed by atoms with van der Waals surface area (Å²) in [4.78, 5) is 30.7. The maximum Gasteiger partial charge on any atom is 0.254 e. The second-order valence-electron chi connectivity index (χ2n) is 8.72. The molecule has 0 bridgehead atoms. The van der Waals surface area contributed by atoms with Crippen molar-refractivity contribution in [3.05, 3.63) is 87.6 Å². The van der Waals surface area contributed by atoms with Crippen molar-refractivity contribution in [1.82, 2.24) is 4.90 Å². The van der Waals surface area contributed by atoms with Gasteiger partial charge in [-0.25, -0.2) is 0 Å². The Morgan fingerprint density at radius 1 is 1.06 bits per heavy atom. The molecule has 5 rings (SSSR count). The van der Waals surface area contributed by atoms with Crippen LogP contribution in [-0.4, -0.2) is 22.8 Å². The van der Waals surface area contributed by atoms with Crippen molar-refractivity contribution in [3.8, 4) is 0 Å². The molecule has 5 heteroatoms. The molecule has 2 aliphatic rings. The van der Waals surface area contributed by atoms with Crippen molar-refractivity contribution in [3.63, 3.8) is 0 Å². The average molecular weight is 445 g/mol. The Hall–Kier alpha value is -2.92. The summed E-state index contributed by atoms with van der Waals surface area (Å²) in [5.41, 5.74) is 3.48. The zero-order valence-corrected chi connectivity index (χ0v) is 19.1. The lowest BCUT2D eigenvalue weighted by molar-refractivity contribution is -0.119.